The van der Waals surface area contributed by atoms with E-state index in [1.165, 1.54) is 0 Å². The first-order valence-corrected chi connectivity index (χ1v) is 4.15. The van der Waals surface area contributed by atoms with Crippen molar-refractivity contribution in [3.63, 3.8) is 0 Å². The van der Waals surface area contributed by atoms with Crippen LogP contribution in [0.15, 0.2) is 18.2 Å². The zero-order chi connectivity index (χ0) is 11.6. The van der Waals surface area contributed by atoms with E-state index in [0.29, 0.717) is 0 Å². The first kappa shape index (κ1) is 12.2. The summed E-state index contributed by atoms with van der Waals surface area (Å²) in [5.74, 6) is 0. The summed E-state index contributed by atoms with van der Waals surface area (Å²) in [4.78, 5) is 0. The highest BCUT2D eigenvalue weighted by Crippen LogP contribution is 1.84. The average Bonchev–Trinajstić information content (AvgIpc) is 2.16. The molecule has 1 aromatic rings. The molecule has 0 saturated heterocycles. The fourth-order valence-electron chi connectivity index (χ4n) is 1.15. The van der Waals surface area contributed by atoms with E-state index in [0.717, 1.165) is 18.2 Å². The number of hydrogen-bond acceptors (Lipinski definition) is 6. The van der Waals surface area contributed by atoms with Crippen LogP contribution in [0.3, 0.4) is 0 Å². The summed E-state index contributed by atoms with van der Waals surface area (Å²) in [6.07, 6.45) is 0. The first-order valence-electron chi connectivity index (χ1n) is 4.15. The van der Waals surface area contributed by atoms with Gasteiger partial charge in [0.25, 0.3) is 0 Å². The van der Waals surface area contributed by atoms with Gasteiger partial charge < -0.3 is 30.1 Å². The van der Waals surface area contributed by atoms with Gasteiger partial charge in [-0.05, 0) is 16.4 Å². The van der Waals surface area contributed by atoms with Crippen molar-refractivity contribution < 1.29 is 30.1 Å². The minimum absolute atomic E-state index is 0.0521. The zero-order valence-corrected chi connectivity index (χ0v) is 7.65. The van der Waals surface area contributed by atoms with E-state index in [1.54, 1.807) is 0 Å². The Morgan fingerprint density at radius 2 is 0.733 bits per heavy atom. The lowest BCUT2D eigenvalue weighted by Gasteiger charge is -2.08. The Labute approximate surface area is 86.9 Å². The third kappa shape index (κ3) is 3.06. The largest absolute Gasteiger partial charge is 0.488 e. The number of hydrogen-bond donors (Lipinski definition) is 6. The summed E-state index contributed by atoms with van der Waals surface area (Å²) < 4.78 is 0. The van der Waals surface area contributed by atoms with Crippen LogP contribution in [0.25, 0.3) is 0 Å². The van der Waals surface area contributed by atoms with E-state index in [4.69, 9.17) is 30.1 Å². The molecule has 0 saturated carbocycles. The molecule has 1 rings (SSSR count). The molecule has 6 nitrogen and oxygen atoms in total. The van der Waals surface area contributed by atoms with Crippen LogP contribution in [0.5, 0.6) is 0 Å². The molecule has 0 amide bonds. The van der Waals surface area contributed by atoms with Gasteiger partial charge in [-0.15, -0.1) is 0 Å². The van der Waals surface area contributed by atoms with Crippen molar-refractivity contribution in [2.45, 2.75) is 0 Å². The standard InChI is InChI=1S/C6H9B3O6/c10-7(11)4-1-5(8(12)13)3-6(2-4)9(14)15/h1-3,10-15H. The number of rotatable bonds is 3. The summed E-state index contributed by atoms with van der Waals surface area (Å²) in [6.45, 7) is 0. The Hall–Kier alpha value is -0.825. The Balaban J connectivity index is 3.20. The third-order valence-electron chi connectivity index (χ3n) is 1.89. The van der Waals surface area contributed by atoms with Gasteiger partial charge in [0.05, 0.1) is 0 Å². The summed E-state index contributed by atoms with van der Waals surface area (Å²) in [7, 11) is -5.46. The lowest BCUT2D eigenvalue weighted by atomic mass is 9.67. The molecular weight excluding hydrogens is 200 g/mol. The maximum Gasteiger partial charge on any atom is 0.488 e. The maximum absolute atomic E-state index is 8.87. The van der Waals surface area contributed by atoms with Crippen LogP contribution in [-0.4, -0.2) is 51.5 Å². The predicted octanol–water partition coefficient (Wildman–Crippen LogP) is -5.27. The molecule has 0 radical (unpaired) electrons. The van der Waals surface area contributed by atoms with Gasteiger partial charge in [0.2, 0.25) is 0 Å². The molecular formula is C6H9B3O6. The van der Waals surface area contributed by atoms with Crippen LogP contribution in [-0.2, 0) is 0 Å². The van der Waals surface area contributed by atoms with Gasteiger partial charge in [-0.1, -0.05) is 18.2 Å². The molecule has 0 bridgehead atoms. The number of benzene rings is 1. The molecule has 15 heavy (non-hydrogen) atoms. The fourth-order valence-corrected chi connectivity index (χ4v) is 1.15. The van der Waals surface area contributed by atoms with Crippen molar-refractivity contribution in [1.29, 1.82) is 0 Å². The molecule has 0 aliphatic heterocycles. The van der Waals surface area contributed by atoms with E-state index in [9.17, 15) is 0 Å². The molecule has 0 heterocycles. The molecule has 0 unspecified atom stereocenters. The quantitative estimate of drug-likeness (QED) is 0.277. The molecule has 9 heteroatoms. The van der Waals surface area contributed by atoms with Crippen LogP contribution in [0.1, 0.15) is 0 Å². The molecule has 0 spiro atoms. The Morgan fingerprint density at radius 3 is 0.867 bits per heavy atom. The lowest BCUT2D eigenvalue weighted by Crippen LogP contribution is -2.45. The van der Waals surface area contributed by atoms with Crippen molar-refractivity contribution in [1.82, 2.24) is 0 Å². The highest BCUT2D eigenvalue weighted by atomic mass is 16.4. The lowest BCUT2D eigenvalue weighted by molar-refractivity contribution is 0.424. The SMILES string of the molecule is OB(O)c1cc(B(O)O)cc(B(O)O)c1. The molecule has 0 atom stereocenters. The average molecular weight is 210 g/mol. The predicted molar refractivity (Wildman–Crippen MR) is 55.9 cm³/mol. The minimum atomic E-state index is -1.82. The van der Waals surface area contributed by atoms with Gasteiger partial charge in [0, 0.05) is 0 Å². The molecule has 0 aliphatic carbocycles. The van der Waals surface area contributed by atoms with Gasteiger partial charge in [-0.2, -0.15) is 0 Å². The maximum atomic E-state index is 8.87. The van der Waals surface area contributed by atoms with Crippen LogP contribution in [0.2, 0.25) is 0 Å². The third-order valence-corrected chi connectivity index (χ3v) is 1.89. The monoisotopic (exact) mass is 210 g/mol. The first-order chi connectivity index (χ1) is 6.91. The van der Waals surface area contributed by atoms with Crippen LogP contribution >= 0.6 is 0 Å². The summed E-state index contributed by atoms with van der Waals surface area (Å²) in [5.41, 5.74) is -0.156. The van der Waals surface area contributed by atoms with E-state index in [1.807, 2.05) is 0 Å². The van der Waals surface area contributed by atoms with Gasteiger partial charge in [-0.3, -0.25) is 0 Å². The van der Waals surface area contributed by atoms with Gasteiger partial charge in [0.1, 0.15) is 0 Å². The van der Waals surface area contributed by atoms with Gasteiger partial charge >= 0.3 is 21.4 Å². The van der Waals surface area contributed by atoms with E-state index < -0.39 is 21.4 Å². The molecule has 78 valence electrons. The van der Waals surface area contributed by atoms with Gasteiger partial charge in [-0.25, -0.2) is 0 Å². The van der Waals surface area contributed by atoms with Crippen molar-refractivity contribution >= 4 is 37.7 Å². The van der Waals surface area contributed by atoms with Crippen molar-refractivity contribution in [3.8, 4) is 0 Å². The zero-order valence-electron chi connectivity index (χ0n) is 7.65. The second kappa shape index (κ2) is 4.80. The normalized spacial score (nSPS) is 10.0. The smallest absolute Gasteiger partial charge is 0.423 e. The molecule has 6 N–H and O–H groups in total. The molecule has 0 aromatic heterocycles. The fraction of sp³-hybridized carbons (Fsp3) is 0. The summed E-state index contributed by atoms with van der Waals surface area (Å²) >= 11 is 0. The van der Waals surface area contributed by atoms with E-state index in [2.05, 4.69) is 0 Å². The minimum Gasteiger partial charge on any atom is -0.423 e. The topological polar surface area (TPSA) is 121 Å². The van der Waals surface area contributed by atoms with E-state index >= 15 is 0 Å². The molecule has 1 aromatic carbocycles. The highest BCUT2D eigenvalue weighted by molar-refractivity contribution is 6.66. The van der Waals surface area contributed by atoms with Crippen molar-refractivity contribution in [3.05, 3.63) is 18.2 Å². The van der Waals surface area contributed by atoms with Crippen LogP contribution in [0.4, 0.5) is 0 Å². The van der Waals surface area contributed by atoms with Crippen LogP contribution < -0.4 is 16.4 Å². The second-order valence-corrected chi connectivity index (χ2v) is 3.05. The Morgan fingerprint density at radius 1 is 0.533 bits per heavy atom. The van der Waals surface area contributed by atoms with E-state index in [-0.39, 0.29) is 16.4 Å². The summed E-state index contributed by atoms with van der Waals surface area (Å²) in [6, 6.07) is 3.42. The summed E-state index contributed by atoms with van der Waals surface area (Å²) in [5, 5.41) is 53.2. The second-order valence-electron chi connectivity index (χ2n) is 3.05. The molecule has 0 fully saturated rings. The highest BCUT2D eigenvalue weighted by Gasteiger charge is 2.21. The van der Waals surface area contributed by atoms with Crippen molar-refractivity contribution in [2.24, 2.45) is 0 Å². The Bertz CT molecular complexity index is 277. The van der Waals surface area contributed by atoms with Gasteiger partial charge in [0.15, 0.2) is 0 Å². The van der Waals surface area contributed by atoms with Crippen LogP contribution in [0, 0.1) is 0 Å². The Kier molecular flexibility index (Phi) is 3.92. The molecule has 0 aliphatic rings. The van der Waals surface area contributed by atoms with Crippen molar-refractivity contribution in [2.75, 3.05) is 0 Å².